The molecule has 1 aromatic rings. The summed E-state index contributed by atoms with van der Waals surface area (Å²) in [6.45, 7) is 5.14. The van der Waals surface area contributed by atoms with Gasteiger partial charge in [0.25, 0.3) is 5.91 Å². The van der Waals surface area contributed by atoms with E-state index in [1.807, 2.05) is 6.07 Å². The van der Waals surface area contributed by atoms with Crippen molar-refractivity contribution in [2.75, 3.05) is 0 Å². The molecule has 1 aromatic carbocycles. The number of fused-ring (bicyclic) bond motifs is 1. The Balaban J connectivity index is 1.80. The van der Waals surface area contributed by atoms with Gasteiger partial charge in [0, 0.05) is 23.7 Å². The average molecular weight is 244 g/mol. The van der Waals surface area contributed by atoms with Gasteiger partial charge in [0.2, 0.25) is 0 Å². The molecule has 1 amide bonds. The van der Waals surface area contributed by atoms with Crippen LogP contribution in [-0.2, 0) is 6.54 Å². The number of carbonyl (C=O) groups excluding carboxylic acids is 1. The van der Waals surface area contributed by atoms with E-state index < -0.39 is 0 Å². The lowest BCUT2D eigenvalue weighted by Crippen LogP contribution is -2.49. The van der Waals surface area contributed by atoms with Crippen molar-refractivity contribution in [3.05, 3.63) is 34.9 Å². The molecular formula is C15H20N2O. The van der Waals surface area contributed by atoms with Gasteiger partial charge in [0.15, 0.2) is 0 Å². The molecule has 3 rings (SSSR count). The summed E-state index contributed by atoms with van der Waals surface area (Å²) in [4.78, 5) is 11.7. The first-order valence-corrected chi connectivity index (χ1v) is 6.76. The van der Waals surface area contributed by atoms with E-state index in [1.54, 1.807) is 0 Å². The molecule has 0 aromatic heterocycles. The number of benzene rings is 1. The molecule has 1 fully saturated rings. The molecule has 0 bridgehead atoms. The average Bonchev–Trinajstić information content (AvgIpc) is 2.69. The highest BCUT2D eigenvalue weighted by Crippen LogP contribution is 2.34. The van der Waals surface area contributed by atoms with Crippen molar-refractivity contribution < 1.29 is 4.79 Å². The largest absolute Gasteiger partial charge is 0.348 e. The van der Waals surface area contributed by atoms with E-state index in [4.69, 9.17) is 0 Å². The van der Waals surface area contributed by atoms with Gasteiger partial charge in [0.05, 0.1) is 0 Å². The Morgan fingerprint density at radius 1 is 1.39 bits per heavy atom. The Morgan fingerprint density at radius 3 is 2.83 bits per heavy atom. The van der Waals surface area contributed by atoms with Crippen LogP contribution in [0.25, 0.3) is 0 Å². The molecule has 0 saturated heterocycles. The summed E-state index contributed by atoms with van der Waals surface area (Å²) in [7, 11) is 0. The third kappa shape index (κ3) is 1.93. The smallest absolute Gasteiger partial charge is 0.251 e. The fourth-order valence-electron chi connectivity index (χ4n) is 2.96. The second-order valence-corrected chi connectivity index (χ2v) is 5.88. The van der Waals surface area contributed by atoms with E-state index in [9.17, 15) is 4.79 Å². The van der Waals surface area contributed by atoms with Crippen LogP contribution < -0.4 is 10.6 Å². The van der Waals surface area contributed by atoms with E-state index in [1.165, 1.54) is 24.8 Å². The number of hydrogen-bond acceptors (Lipinski definition) is 2. The second-order valence-electron chi connectivity index (χ2n) is 5.88. The van der Waals surface area contributed by atoms with Crippen LogP contribution in [0.1, 0.15) is 60.6 Å². The highest BCUT2D eigenvalue weighted by atomic mass is 16.1. The van der Waals surface area contributed by atoms with Crippen LogP contribution in [0.2, 0.25) is 0 Å². The van der Waals surface area contributed by atoms with Crippen LogP contribution in [-0.4, -0.2) is 11.4 Å². The summed E-state index contributed by atoms with van der Waals surface area (Å²) < 4.78 is 0. The third-order valence-electron chi connectivity index (χ3n) is 4.34. The van der Waals surface area contributed by atoms with Crippen LogP contribution in [0.3, 0.4) is 0 Å². The molecule has 3 heteroatoms. The van der Waals surface area contributed by atoms with Gasteiger partial charge < -0.3 is 10.6 Å². The lowest BCUT2D eigenvalue weighted by atomic mass is 9.78. The first kappa shape index (κ1) is 11.7. The topological polar surface area (TPSA) is 41.1 Å². The minimum Gasteiger partial charge on any atom is -0.348 e. The number of amides is 1. The van der Waals surface area contributed by atoms with Gasteiger partial charge in [-0.05, 0) is 50.3 Å². The van der Waals surface area contributed by atoms with Gasteiger partial charge in [-0.2, -0.15) is 0 Å². The zero-order chi connectivity index (χ0) is 12.8. The van der Waals surface area contributed by atoms with E-state index in [-0.39, 0.29) is 5.91 Å². The summed E-state index contributed by atoms with van der Waals surface area (Å²) in [6.07, 6.45) is 3.83. The molecule has 2 aliphatic rings. The maximum Gasteiger partial charge on any atom is 0.251 e. The van der Waals surface area contributed by atoms with Crippen molar-refractivity contribution in [3.63, 3.8) is 0 Å². The van der Waals surface area contributed by atoms with Gasteiger partial charge >= 0.3 is 0 Å². The maximum absolute atomic E-state index is 11.7. The Labute approximate surface area is 108 Å². The first-order valence-electron chi connectivity index (χ1n) is 6.76. The predicted octanol–water partition coefficient (Wildman–Crippen LogP) is 2.52. The molecule has 0 radical (unpaired) electrons. The molecule has 0 unspecified atom stereocenters. The number of nitrogens with one attached hydrogen (secondary N) is 2. The molecule has 1 saturated carbocycles. The lowest BCUT2D eigenvalue weighted by molar-refractivity contribution is 0.0965. The van der Waals surface area contributed by atoms with E-state index in [0.717, 1.165) is 11.1 Å². The Kier molecular flexibility index (Phi) is 2.67. The van der Waals surface area contributed by atoms with Crippen molar-refractivity contribution in [1.82, 2.24) is 10.6 Å². The van der Waals surface area contributed by atoms with Crippen molar-refractivity contribution in [3.8, 4) is 0 Å². The van der Waals surface area contributed by atoms with Crippen LogP contribution in [0.15, 0.2) is 18.2 Å². The van der Waals surface area contributed by atoms with Gasteiger partial charge in [-0.15, -0.1) is 0 Å². The third-order valence-corrected chi connectivity index (χ3v) is 4.34. The van der Waals surface area contributed by atoms with E-state index in [0.29, 0.717) is 18.1 Å². The van der Waals surface area contributed by atoms with Gasteiger partial charge in [-0.1, -0.05) is 12.1 Å². The summed E-state index contributed by atoms with van der Waals surface area (Å²) in [5.41, 5.74) is 3.46. The molecule has 3 nitrogen and oxygen atoms in total. The normalized spacial score (nSPS) is 22.0. The first-order chi connectivity index (χ1) is 8.57. The molecular weight excluding hydrogens is 224 g/mol. The quantitative estimate of drug-likeness (QED) is 0.858. The van der Waals surface area contributed by atoms with E-state index >= 15 is 0 Å². The van der Waals surface area contributed by atoms with Gasteiger partial charge in [0.1, 0.15) is 0 Å². The fourth-order valence-corrected chi connectivity index (χ4v) is 2.96. The molecule has 96 valence electrons. The standard InChI is InChI=1S/C15H20N2O/c1-10(17-15(2)6-3-7-15)11-4-5-12-9-16-14(18)13(12)8-11/h4-5,8,10,17H,3,6-7,9H2,1-2H3,(H,16,18)/t10-/m1/s1. The summed E-state index contributed by atoms with van der Waals surface area (Å²) in [5, 5.41) is 6.55. The molecule has 1 heterocycles. The minimum atomic E-state index is 0.0638. The molecule has 1 atom stereocenters. The zero-order valence-electron chi connectivity index (χ0n) is 11.0. The Hall–Kier alpha value is -1.35. The van der Waals surface area contributed by atoms with Crippen LogP contribution in [0.5, 0.6) is 0 Å². The van der Waals surface area contributed by atoms with Gasteiger partial charge in [-0.3, -0.25) is 4.79 Å². The van der Waals surface area contributed by atoms with Crippen molar-refractivity contribution in [2.24, 2.45) is 0 Å². The Bertz CT molecular complexity index is 491. The highest BCUT2D eigenvalue weighted by molar-refractivity contribution is 5.98. The fraction of sp³-hybridized carbons (Fsp3) is 0.533. The van der Waals surface area contributed by atoms with Crippen molar-refractivity contribution in [2.45, 2.75) is 51.2 Å². The minimum absolute atomic E-state index is 0.0638. The monoisotopic (exact) mass is 244 g/mol. The summed E-state index contributed by atoms with van der Waals surface area (Å²) in [5.74, 6) is 0.0638. The lowest BCUT2D eigenvalue weighted by Gasteiger charge is -2.41. The zero-order valence-corrected chi connectivity index (χ0v) is 11.0. The number of carbonyl (C=O) groups is 1. The van der Waals surface area contributed by atoms with Crippen LogP contribution in [0.4, 0.5) is 0 Å². The van der Waals surface area contributed by atoms with Crippen molar-refractivity contribution in [1.29, 1.82) is 0 Å². The number of hydrogen-bond donors (Lipinski definition) is 2. The molecule has 1 aliphatic heterocycles. The molecule has 2 N–H and O–H groups in total. The van der Waals surface area contributed by atoms with Gasteiger partial charge in [-0.25, -0.2) is 0 Å². The number of rotatable bonds is 3. The summed E-state index contributed by atoms with van der Waals surface area (Å²) in [6, 6.07) is 6.55. The molecule has 18 heavy (non-hydrogen) atoms. The Morgan fingerprint density at radius 2 is 2.17 bits per heavy atom. The predicted molar refractivity (Wildman–Crippen MR) is 71.4 cm³/mol. The molecule has 1 aliphatic carbocycles. The second kappa shape index (κ2) is 4.09. The van der Waals surface area contributed by atoms with Crippen LogP contribution >= 0.6 is 0 Å². The maximum atomic E-state index is 11.7. The van der Waals surface area contributed by atoms with Crippen LogP contribution in [0, 0.1) is 0 Å². The highest BCUT2D eigenvalue weighted by Gasteiger charge is 2.33. The van der Waals surface area contributed by atoms with Crippen molar-refractivity contribution >= 4 is 5.91 Å². The SMILES string of the molecule is C[C@@H](NC1(C)CCC1)c1ccc2c(c1)C(=O)NC2. The molecule has 0 spiro atoms. The van der Waals surface area contributed by atoms with E-state index in [2.05, 4.69) is 36.6 Å². The summed E-state index contributed by atoms with van der Waals surface area (Å²) >= 11 is 0.